The first kappa shape index (κ1) is 16.9. The number of hydrogen-bond donors (Lipinski definition) is 2. The van der Waals surface area contributed by atoms with Gasteiger partial charge in [0.2, 0.25) is 5.91 Å². The van der Waals surface area contributed by atoms with Gasteiger partial charge in [-0.15, -0.1) is 0 Å². The molecule has 112 valence electrons. The van der Waals surface area contributed by atoms with Crippen molar-refractivity contribution in [2.45, 2.75) is 32.4 Å². The van der Waals surface area contributed by atoms with Gasteiger partial charge in [-0.25, -0.2) is 0 Å². The van der Waals surface area contributed by atoms with Crippen molar-refractivity contribution in [2.75, 3.05) is 19.1 Å². The van der Waals surface area contributed by atoms with Gasteiger partial charge >= 0.3 is 0 Å². The summed E-state index contributed by atoms with van der Waals surface area (Å²) in [5.41, 5.74) is 7.98. The van der Waals surface area contributed by atoms with Crippen LogP contribution >= 0.6 is 11.8 Å². The highest BCUT2D eigenvalue weighted by atomic mass is 32.2. The van der Waals surface area contributed by atoms with Gasteiger partial charge in [-0.3, -0.25) is 4.79 Å². The zero-order chi connectivity index (χ0) is 15.1. The number of aryl methyl sites for hydroxylation is 1. The van der Waals surface area contributed by atoms with Crippen molar-refractivity contribution in [3.63, 3.8) is 0 Å². The Morgan fingerprint density at radius 3 is 2.80 bits per heavy atom. The minimum Gasteiger partial charge on any atom is -0.496 e. The highest BCUT2D eigenvalue weighted by Crippen LogP contribution is 2.26. The monoisotopic (exact) mass is 296 g/mol. The van der Waals surface area contributed by atoms with Gasteiger partial charge in [0.25, 0.3) is 0 Å². The first-order valence-electron chi connectivity index (χ1n) is 6.69. The standard InChI is InChI=1S/C15H24N2O2S/c1-10-5-6-14(19-3)12(9-10)11(2)17-15(18)13(16)7-8-20-4/h5-6,9,11,13H,7-8,16H2,1-4H3,(H,17,18)/t11?,13-/m1/s1. The summed E-state index contributed by atoms with van der Waals surface area (Å²) in [6, 6.07) is 5.34. The Morgan fingerprint density at radius 1 is 1.50 bits per heavy atom. The predicted octanol–water partition coefficient (Wildman–Crippen LogP) is 2.26. The van der Waals surface area contributed by atoms with Gasteiger partial charge in [0.1, 0.15) is 5.75 Å². The van der Waals surface area contributed by atoms with E-state index >= 15 is 0 Å². The minimum atomic E-state index is -0.458. The van der Waals surface area contributed by atoms with Crippen molar-refractivity contribution in [1.29, 1.82) is 0 Å². The third kappa shape index (κ3) is 4.72. The van der Waals surface area contributed by atoms with E-state index < -0.39 is 6.04 Å². The highest BCUT2D eigenvalue weighted by Gasteiger charge is 2.18. The van der Waals surface area contributed by atoms with Crippen LogP contribution in [0.1, 0.15) is 30.5 Å². The van der Waals surface area contributed by atoms with Gasteiger partial charge in [-0.05, 0) is 38.3 Å². The second-order valence-corrected chi connectivity index (χ2v) is 5.85. The number of nitrogens with two attached hydrogens (primary N) is 1. The van der Waals surface area contributed by atoms with Crippen LogP contribution < -0.4 is 15.8 Å². The molecular weight excluding hydrogens is 272 g/mol. The molecule has 1 rings (SSSR count). The molecule has 1 unspecified atom stereocenters. The number of carbonyl (C=O) groups excluding carboxylic acids is 1. The quantitative estimate of drug-likeness (QED) is 0.810. The summed E-state index contributed by atoms with van der Waals surface area (Å²) >= 11 is 1.69. The SMILES string of the molecule is COc1ccc(C)cc1C(C)NC(=O)[C@H](N)CCSC. The average Bonchev–Trinajstić information content (AvgIpc) is 2.44. The highest BCUT2D eigenvalue weighted by molar-refractivity contribution is 7.98. The zero-order valence-electron chi connectivity index (χ0n) is 12.6. The molecule has 0 aliphatic rings. The number of benzene rings is 1. The zero-order valence-corrected chi connectivity index (χ0v) is 13.4. The molecule has 20 heavy (non-hydrogen) atoms. The molecule has 5 heteroatoms. The van der Waals surface area contributed by atoms with E-state index in [0.717, 1.165) is 22.6 Å². The van der Waals surface area contributed by atoms with E-state index in [2.05, 4.69) is 5.32 Å². The van der Waals surface area contributed by atoms with E-state index in [1.807, 2.05) is 38.3 Å². The smallest absolute Gasteiger partial charge is 0.237 e. The third-order valence-corrected chi connectivity index (χ3v) is 3.82. The van der Waals surface area contributed by atoms with Crippen molar-refractivity contribution < 1.29 is 9.53 Å². The predicted molar refractivity (Wildman–Crippen MR) is 85.3 cm³/mol. The minimum absolute atomic E-state index is 0.116. The molecule has 4 nitrogen and oxygen atoms in total. The van der Waals surface area contributed by atoms with Crippen molar-refractivity contribution >= 4 is 17.7 Å². The molecule has 0 saturated carbocycles. The van der Waals surface area contributed by atoms with E-state index in [0.29, 0.717) is 6.42 Å². The van der Waals surface area contributed by atoms with Crippen LogP contribution in [0.3, 0.4) is 0 Å². The Hall–Kier alpha value is -1.20. The Balaban J connectivity index is 2.73. The van der Waals surface area contributed by atoms with Crippen molar-refractivity contribution in [3.8, 4) is 5.75 Å². The van der Waals surface area contributed by atoms with Crippen LogP contribution in [0, 0.1) is 6.92 Å². The van der Waals surface area contributed by atoms with Crippen LogP contribution in [0.15, 0.2) is 18.2 Å². The number of ether oxygens (including phenoxy) is 1. The number of nitrogens with one attached hydrogen (secondary N) is 1. The lowest BCUT2D eigenvalue weighted by atomic mass is 10.0. The average molecular weight is 296 g/mol. The summed E-state index contributed by atoms with van der Waals surface area (Å²) in [5.74, 6) is 1.55. The van der Waals surface area contributed by atoms with Crippen LogP contribution in [-0.2, 0) is 4.79 Å². The lowest BCUT2D eigenvalue weighted by Gasteiger charge is -2.20. The number of carbonyl (C=O) groups is 1. The molecule has 0 aliphatic carbocycles. The maximum absolute atomic E-state index is 12.0. The molecule has 0 radical (unpaired) electrons. The van der Waals surface area contributed by atoms with Crippen LogP contribution in [0.5, 0.6) is 5.75 Å². The molecule has 0 spiro atoms. The maximum Gasteiger partial charge on any atom is 0.237 e. The molecule has 0 bridgehead atoms. The molecule has 2 atom stereocenters. The van der Waals surface area contributed by atoms with Crippen LogP contribution in [0.2, 0.25) is 0 Å². The van der Waals surface area contributed by atoms with Crippen LogP contribution in [-0.4, -0.2) is 31.1 Å². The molecule has 3 N–H and O–H groups in total. The molecule has 0 heterocycles. The largest absolute Gasteiger partial charge is 0.496 e. The summed E-state index contributed by atoms with van der Waals surface area (Å²) in [4.78, 5) is 12.0. The van der Waals surface area contributed by atoms with Gasteiger partial charge in [0.05, 0.1) is 19.2 Å². The Bertz CT molecular complexity index is 451. The van der Waals surface area contributed by atoms with Gasteiger partial charge in [-0.1, -0.05) is 17.7 Å². The van der Waals surface area contributed by atoms with Gasteiger partial charge in [-0.2, -0.15) is 11.8 Å². The molecule has 0 saturated heterocycles. The van der Waals surface area contributed by atoms with Gasteiger partial charge < -0.3 is 15.8 Å². The first-order chi connectivity index (χ1) is 9.49. The van der Waals surface area contributed by atoms with Crippen molar-refractivity contribution in [1.82, 2.24) is 5.32 Å². The van der Waals surface area contributed by atoms with Crippen LogP contribution in [0.25, 0.3) is 0 Å². The number of thioether (sulfide) groups is 1. The maximum atomic E-state index is 12.0. The van der Waals surface area contributed by atoms with Crippen molar-refractivity contribution in [3.05, 3.63) is 29.3 Å². The van der Waals surface area contributed by atoms with Gasteiger partial charge in [0.15, 0.2) is 0 Å². The fourth-order valence-electron chi connectivity index (χ4n) is 1.97. The van der Waals surface area contributed by atoms with Crippen molar-refractivity contribution in [2.24, 2.45) is 5.73 Å². The lowest BCUT2D eigenvalue weighted by Crippen LogP contribution is -2.42. The summed E-state index contributed by atoms with van der Waals surface area (Å²) in [5, 5.41) is 2.95. The molecule has 1 aromatic carbocycles. The lowest BCUT2D eigenvalue weighted by molar-refractivity contribution is -0.123. The summed E-state index contributed by atoms with van der Waals surface area (Å²) in [6.07, 6.45) is 2.69. The number of amides is 1. The van der Waals surface area contributed by atoms with E-state index in [-0.39, 0.29) is 11.9 Å². The Morgan fingerprint density at radius 2 is 2.20 bits per heavy atom. The third-order valence-electron chi connectivity index (χ3n) is 3.18. The fraction of sp³-hybridized carbons (Fsp3) is 0.533. The number of methoxy groups -OCH3 is 1. The van der Waals surface area contributed by atoms with E-state index in [1.54, 1.807) is 18.9 Å². The Kier molecular flexibility index (Phi) is 6.88. The normalized spacial score (nSPS) is 13.7. The Labute approximate surface area is 125 Å². The topological polar surface area (TPSA) is 64.3 Å². The number of rotatable bonds is 7. The molecule has 0 aliphatic heterocycles. The second-order valence-electron chi connectivity index (χ2n) is 4.86. The molecule has 1 amide bonds. The summed E-state index contributed by atoms with van der Waals surface area (Å²) in [6.45, 7) is 3.96. The number of hydrogen-bond acceptors (Lipinski definition) is 4. The van der Waals surface area contributed by atoms with E-state index in [4.69, 9.17) is 10.5 Å². The molecule has 0 fully saturated rings. The van der Waals surface area contributed by atoms with E-state index in [9.17, 15) is 4.79 Å². The first-order valence-corrected chi connectivity index (χ1v) is 8.08. The molecule has 1 aromatic rings. The summed E-state index contributed by atoms with van der Waals surface area (Å²) in [7, 11) is 1.63. The van der Waals surface area contributed by atoms with Gasteiger partial charge in [0, 0.05) is 5.56 Å². The second kappa shape index (κ2) is 8.17. The van der Waals surface area contributed by atoms with E-state index in [1.165, 1.54) is 0 Å². The summed E-state index contributed by atoms with van der Waals surface area (Å²) < 4.78 is 5.34. The molecule has 0 aromatic heterocycles. The van der Waals surface area contributed by atoms with Crippen LogP contribution in [0.4, 0.5) is 0 Å². The fourth-order valence-corrected chi connectivity index (χ4v) is 2.46. The molecular formula is C15H24N2O2S.